The molecule has 0 aromatic heterocycles. The van der Waals surface area contributed by atoms with Crippen molar-refractivity contribution in [3.63, 3.8) is 0 Å². The first-order valence-corrected chi connectivity index (χ1v) is 6.59. The maximum atomic E-state index is 11.3. The Hall–Kier alpha value is -2.49. The van der Waals surface area contributed by atoms with Gasteiger partial charge in [0, 0.05) is 19.8 Å². The third kappa shape index (κ3) is 2.99. The zero-order valence-electron chi connectivity index (χ0n) is 12.7. The van der Waals surface area contributed by atoms with Crippen molar-refractivity contribution in [1.29, 1.82) is 0 Å². The van der Waals surface area contributed by atoms with Crippen molar-refractivity contribution in [2.24, 2.45) is 0 Å². The molecule has 0 unspecified atom stereocenters. The zero-order chi connectivity index (χ0) is 15.4. The van der Waals surface area contributed by atoms with Gasteiger partial charge in [0.2, 0.25) is 0 Å². The first kappa shape index (κ1) is 14.9. The van der Waals surface area contributed by atoms with E-state index >= 15 is 0 Å². The highest BCUT2D eigenvalue weighted by molar-refractivity contribution is 5.85. The lowest BCUT2D eigenvalue weighted by Crippen LogP contribution is -2.08. The second-order valence-corrected chi connectivity index (χ2v) is 4.86. The van der Waals surface area contributed by atoms with Gasteiger partial charge in [0.25, 0.3) is 0 Å². The topological polar surface area (TPSA) is 38.8 Å². The van der Waals surface area contributed by atoms with Crippen molar-refractivity contribution >= 4 is 12.0 Å². The number of aldehydes is 1. The van der Waals surface area contributed by atoms with Gasteiger partial charge in [0.1, 0.15) is 0 Å². The predicted octanol–water partition coefficient (Wildman–Crippen LogP) is 3.25. The van der Waals surface area contributed by atoms with E-state index in [0.29, 0.717) is 17.1 Å². The Morgan fingerprint density at radius 2 is 1.76 bits per heavy atom. The molecule has 2 aromatic rings. The maximum Gasteiger partial charge on any atom is 0.171 e. The molecule has 0 aliphatic rings. The minimum absolute atomic E-state index is 0.458. The number of rotatable bonds is 5. The fraction of sp³-hybridized carbons (Fsp3) is 0.235. The lowest BCUT2D eigenvalue weighted by atomic mass is 10.0. The summed E-state index contributed by atoms with van der Waals surface area (Å²) in [6.45, 7) is 0. The molecule has 0 saturated heterocycles. The molecule has 0 N–H and O–H groups in total. The third-order valence-corrected chi connectivity index (χ3v) is 3.33. The van der Waals surface area contributed by atoms with E-state index in [1.165, 1.54) is 7.11 Å². The van der Waals surface area contributed by atoms with E-state index in [2.05, 4.69) is 6.07 Å². The fourth-order valence-corrected chi connectivity index (χ4v) is 2.21. The summed E-state index contributed by atoms with van der Waals surface area (Å²) in [5.74, 6) is 1.01. The first-order chi connectivity index (χ1) is 10.1. The molecule has 0 atom stereocenters. The lowest BCUT2D eigenvalue weighted by molar-refractivity contribution is 0.112. The molecule has 0 fully saturated rings. The normalized spacial score (nSPS) is 10.1. The van der Waals surface area contributed by atoms with E-state index in [4.69, 9.17) is 9.47 Å². The molecular formula is C17H19NO3. The van der Waals surface area contributed by atoms with Gasteiger partial charge in [0.05, 0.1) is 19.8 Å². The Labute approximate surface area is 124 Å². The number of hydrogen-bond donors (Lipinski definition) is 0. The Bertz CT molecular complexity index is 650. The van der Waals surface area contributed by atoms with Crippen LogP contribution >= 0.6 is 0 Å². The summed E-state index contributed by atoms with van der Waals surface area (Å²) in [7, 11) is 7.07. The summed E-state index contributed by atoms with van der Waals surface area (Å²) >= 11 is 0. The maximum absolute atomic E-state index is 11.3. The standard InChI is InChI=1S/C17H19NO3/c1-18(2)15-7-5-6-12(9-15)13-8-14(11-19)17(21-4)16(10-13)20-3/h5-11H,1-4H3. The average Bonchev–Trinajstić information content (AvgIpc) is 2.53. The Kier molecular flexibility index (Phi) is 4.48. The first-order valence-electron chi connectivity index (χ1n) is 6.59. The van der Waals surface area contributed by atoms with Gasteiger partial charge in [-0.05, 0) is 35.4 Å². The van der Waals surface area contributed by atoms with Crippen LogP contribution in [-0.4, -0.2) is 34.6 Å². The Morgan fingerprint density at radius 1 is 1.00 bits per heavy atom. The van der Waals surface area contributed by atoms with Gasteiger partial charge in [-0.25, -0.2) is 0 Å². The minimum atomic E-state index is 0.458. The number of benzene rings is 2. The van der Waals surface area contributed by atoms with Crippen molar-refractivity contribution in [1.82, 2.24) is 0 Å². The van der Waals surface area contributed by atoms with Gasteiger partial charge in [0.15, 0.2) is 17.8 Å². The SMILES string of the molecule is COc1cc(-c2cccc(N(C)C)c2)cc(C=O)c1OC. The molecule has 0 saturated carbocycles. The summed E-state index contributed by atoms with van der Waals surface area (Å²) in [5, 5.41) is 0. The Balaban J connectivity index is 2.59. The quantitative estimate of drug-likeness (QED) is 0.790. The van der Waals surface area contributed by atoms with Gasteiger partial charge >= 0.3 is 0 Å². The van der Waals surface area contributed by atoms with Gasteiger partial charge in [-0.15, -0.1) is 0 Å². The van der Waals surface area contributed by atoms with E-state index in [1.807, 2.05) is 49.3 Å². The molecule has 4 nitrogen and oxygen atoms in total. The van der Waals surface area contributed by atoms with Gasteiger partial charge in [-0.2, -0.15) is 0 Å². The van der Waals surface area contributed by atoms with Crippen molar-refractivity contribution in [2.75, 3.05) is 33.2 Å². The lowest BCUT2D eigenvalue weighted by Gasteiger charge is -2.15. The number of anilines is 1. The summed E-state index contributed by atoms with van der Waals surface area (Å²) < 4.78 is 10.6. The largest absolute Gasteiger partial charge is 0.493 e. The monoisotopic (exact) mass is 285 g/mol. The van der Waals surface area contributed by atoms with Crippen LogP contribution in [0.2, 0.25) is 0 Å². The highest BCUT2D eigenvalue weighted by Crippen LogP contribution is 2.36. The van der Waals surface area contributed by atoms with Crippen LogP contribution in [0.15, 0.2) is 36.4 Å². The summed E-state index contributed by atoms with van der Waals surface area (Å²) in [5.41, 5.74) is 3.50. The van der Waals surface area contributed by atoms with Crippen LogP contribution in [0.4, 0.5) is 5.69 Å². The smallest absolute Gasteiger partial charge is 0.171 e. The molecular weight excluding hydrogens is 266 g/mol. The number of carbonyl (C=O) groups is 1. The molecule has 110 valence electrons. The molecule has 2 aromatic carbocycles. The van der Waals surface area contributed by atoms with Gasteiger partial charge in [-0.3, -0.25) is 4.79 Å². The number of methoxy groups -OCH3 is 2. The van der Waals surface area contributed by atoms with E-state index in [-0.39, 0.29) is 0 Å². The van der Waals surface area contributed by atoms with Crippen LogP contribution in [0.25, 0.3) is 11.1 Å². The molecule has 0 amide bonds. The van der Waals surface area contributed by atoms with Crippen LogP contribution < -0.4 is 14.4 Å². The average molecular weight is 285 g/mol. The second-order valence-electron chi connectivity index (χ2n) is 4.86. The van der Waals surface area contributed by atoms with E-state index in [1.54, 1.807) is 7.11 Å². The van der Waals surface area contributed by atoms with Gasteiger partial charge < -0.3 is 14.4 Å². The van der Waals surface area contributed by atoms with Crippen LogP contribution in [0, 0.1) is 0 Å². The molecule has 0 radical (unpaired) electrons. The Morgan fingerprint density at radius 3 is 2.33 bits per heavy atom. The molecule has 0 aliphatic carbocycles. The van der Waals surface area contributed by atoms with Crippen LogP contribution in [0.1, 0.15) is 10.4 Å². The third-order valence-electron chi connectivity index (χ3n) is 3.33. The summed E-state index contributed by atoms with van der Waals surface area (Å²) in [4.78, 5) is 13.3. The van der Waals surface area contributed by atoms with Crippen molar-refractivity contribution in [3.8, 4) is 22.6 Å². The highest BCUT2D eigenvalue weighted by atomic mass is 16.5. The van der Waals surface area contributed by atoms with Crippen molar-refractivity contribution in [3.05, 3.63) is 42.0 Å². The molecule has 2 rings (SSSR count). The summed E-state index contributed by atoms with van der Waals surface area (Å²) in [6, 6.07) is 11.8. The van der Waals surface area contributed by atoms with Gasteiger partial charge in [-0.1, -0.05) is 12.1 Å². The van der Waals surface area contributed by atoms with Crippen LogP contribution in [0.5, 0.6) is 11.5 Å². The van der Waals surface area contributed by atoms with E-state index < -0.39 is 0 Å². The van der Waals surface area contributed by atoms with Crippen molar-refractivity contribution < 1.29 is 14.3 Å². The van der Waals surface area contributed by atoms with Crippen LogP contribution in [-0.2, 0) is 0 Å². The number of nitrogens with zero attached hydrogens (tertiary/aromatic N) is 1. The second kappa shape index (κ2) is 6.31. The molecule has 0 aliphatic heterocycles. The fourth-order valence-electron chi connectivity index (χ4n) is 2.21. The molecule has 4 heteroatoms. The zero-order valence-corrected chi connectivity index (χ0v) is 12.7. The number of carbonyl (C=O) groups excluding carboxylic acids is 1. The summed E-state index contributed by atoms with van der Waals surface area (Å²) in [6.07, 6.45) is 0.778. The molecule has 0 heterocycles. The van der Waals surface area contributed by atoms with Crippen molar-refractivity contribution in [2.45, 2.75) is 0 Å². The highest BCUT2D eigenvalue weighted by Gasteiger charge is 2.13. The van der Waals surface area contributed by atoms with E-state index in [9.17, 15) is 4.79 Å². The number of ether oxygens (including phenoxy) is 2. The molecule has 21 heavy (non-hydrogen) atoms. The molecule has 0 bridgehead atoms. The van der Waals surface area contributed by atoms with E-state index in [0.717, 1.165) is 23.1 Å². The predicted molar refractivity (Wildman–Crippen MR) is 84.7 cm³/mol. The minimum Gasteiger partial charge on any atom is -0.493 e. The van der Waals surface area contributed by atoms with Crippen LogP contribution in [0.3, 0.4) is 0 Å². The number of hydrogen-bond acceptors (Lipinski definition) is 4. The molecule has 0 spiro atoms.